The number of hydrogen-bond donors (Lipinski definition) is 2. The Morgan fingerprint density at radius 1 is 1.04 bits per heavy atom. The van der Waals surface area contributed by atoms with Crippen LogP contribution in [0.5, 0.6) is 5.75 Å². The molecule has 0 spiro atoms. The minimum absolute atomic E-state index is 0.00915. The molecule has 0 heterocycles. The van der Waals surface area contributed by atoms with Crippen LogP contribution in [0.15, 0.2) is 54.6 Å². The molecule has 5 heteroatoms. The van der Waals surface area contributed by atoms with Gasteiger partial charge < -0.3 is 20.5 Å². The smallest absolute Gasteiger partial charge is 0.229 e. The van der Waals surface area contributed by atoms with Gasteiger partial charge in [0.1, 0.15) is 12.4 Å². The average Bonchev–Trinajstić information content (AvgIpc) is 3.30. The van der Waals surface area contributed by atoms with Gasteiger partial charge in [-0.25, -0.2) is 0 Å². The summed E-state index contributed by atoms with van der Waals surface area (Å²) in [7, 11) is 0. The molecule has 2 fully saturated rings. The van der Waals surface area contributed by atoms with Crippen molar-refractivity contribution in [3.8, 4) is 5.75 Å². The summed E-state index contributed by atoms with van der Waals surface area (Å²) in [4.78, 5) is 12.7. The number of hydrogen-bond acceptors (Lipinski definition) is 4. The predicted molar refractivity (Wildman–Crippen MR) is 109 cm³/mol. The van der Waals surface area contributed by atoms with Gasteiger partial charge in [-0.15, -0.1) is 0 Å². The molecular weight excluding hydrogens is 352 g/mol. The Bertz CT molecular complexity index is 793. The topological polar surface area (TPSA) is 73.6 Å². The van der Waals surface area contributed by atoms with Crippen LogP contribution in [0.25, 0.3) is 0 Å². The van der Waals surface area contributed by atoms with Gasteiger partial charge in [-0.3, -0.25) is 4.79 Å². The Kier molecular flexibility index (Phi) is 5.93. The fraction of sp³-hybridized carbons (Fsp3) is 0.435. The summed E-state index contributed by atoms with van der Waals surface area (Å²) in [5, 5.41) is 3.06. The summed E-state index contributed by atoms with van der Waals surface area (Å²) < 4.78 is 11.3. The van der Waals surface area contributed by atoms with E-state index in [9.17, 15) is 4.79 Å². The van der Waals surface area contributed by atoms with Gasteiger partial charge in [-0.05, 0) is 60.9 Å². The van der Waals surface area contributed by atoms with E-state index in [2.05, 4.69) is 5.32 Å². The second-order valence-corrected chi connectivity index (χ2v) is 7.84. The molecule has 2 aliphatic rings. The fourth-order valence-corrected chi connectivity index (χ4v) is 4.61. The normalized spacial score (nSPS) is 25.6. The molecule has 4 unspecified atom stereocenters. The molecule has 2 aliphatic carbocycles. The number of para-hydroxylation sites is 1. The summed E-state index contributed by atoms with van der Waals surface area (Å²) in [5.41, 5.74) is 8.12. The van der Waals surface area contributed by atoms with E-state index >= 15 is 0 Å². The van der Waals surface area contributed by atoms with Crippen LogP contribution in [-0.2, 0) is 16.1 Å². The lowest BCUT2D eigenvalue weighted by atomic mass is 9.84. The van der Waals surface area contributed by atoms with Crippen LogP contribution in [0, 0.1) is 17.8 Å². The molecule has 2 saturated carbocycles. The lowest BCUT2D eigenvalue weighted by Gasteiger charge is -2.27. The Morgan fingerprint density at radius 2 is 1.86 bits per heavy atom. The number of rotatable bonds is 8. The number of ether oxygens (including phenoxy) is 2. The molecule has 5 nitrogen and oxygen atoms in total. The minimum atomic E-state index is -0.0474. The highest BCUT2D eigenvalue weighted by Crippen LogP contribution is 2.47. The molecule has 3 N–H and O–H groups in total. The summed E-state index contributed by atoms with van der Waals surface area (Å²) in [6.45, 7) is 1.49. The second-order valence-electron chi connectivity index (χ2n) is 7.84. The lowest BCUT2D eigenvalue weighted by Crippen LogP contribution is -2.42. The molecule has 2 aromatic rings. The Hall–Kier alpha value is -2.37. The third-order valence-electron chi connectivity index (χ3n) is 5.99. The van der Waals surface area contributed by atoms with Crippen molar-refractivity contribution in [3.05, 3.63) is 60.2 Å². The zero-order chi connectivity index (χ0) is 19.3. The number of nitrogens with two attached hydrogens (primary N) is 1. The maximum absolute atomic E-state index is 12.7. The summed E-state index contributed by atoms with van der Waals surface area (Å²) >= 11 is 0. The molecule has 28 heavy (non-hydrogen) atoms. The molecule has 0 saturated heterocycles. The standard InChI is InChI=1S/C23H28N2O3/c24-22-18-10-9-17(14-18)21(22)23(26)25-19-6-4-5-16(13-19)15-27-11-12-28-20-7-2-1-3-8-20/h1-8,13,17-18,21-22H,9-12,14-15,24H2,(H,25,26). The molecule has 4 atom stereocenters. The van der Waals surface area contributed by atoms with Gasteiger partial charge in [0.25, 0.3) is 0 Å². The average molecular weight is 380 g/mol. The van der Waals surface area contributed by atoms with Crippen LogP contribution in [0.4, 0.5) is 5.69 Å². The first-order valence-electron chi connectivity index (χ1n) is 10.1. The minimum Gasteiger partial charge on any atom is -0.491 e. The number of carbonyl (C=O) groups is 1. The second kappa shape index (κ2) is 8.76. The molecule has 0 aromatic heterocycles. The third-order valence-corrected chi connectivity index (χ3v) is 5.99. The molecule has 2 bridgehead atoms. The van der Waals surface area contributed by atoms with Crippen molar-refractivity contribution >= 4 is 11.6 Å². The van der Waals surface area contributed by atoms with E-state index in [0.29, 0.717) is 31.7 Å². The van der Waals surface area contributed by atoms with E-state index in [4.69, 9.17) is 15.2 Å². The first-order chi connectivity index (χ1) is 13.7. The van der Waals surface area contributed by atoms with Crippen LogP contribution in [0.3, 0.4) is 0 Å². The Balaban J connectivity index is 1.23. The van der Waals surface area contributed by atoms with Crippen molar-refractivity contribution in [2.75, 3.05) is 18.5 Å². The lowest BCUT2D eigenvalue weighted by molar-refractivity contribution is -0.121. The number of anilines is 1. The predicted octanol–water partition coefficient (Wildman–Crippen LogP) is 3.59. The zero-order valence-corrected chi connectivity index (χ0v) is 16.1. The van der Waals surface area contributed by atoms with E-state index < -0.39 is 0 Å². The number of amides is 1. The van der Waals surface area contributed by atoms with Crippen molar-refractivity contribution in [2.45, 2.75) is 31.9 Å². The highest BCUT2D eigenvalue weighted by Gasteiger charge is 2.49. The summed E-state index contributed by atoms with van der Waals surface area (Å²) in [5.74, 6) is 1.84. The van der Waals surface area contributed by atoms with Gasteiger partial charge in [0, 0.05) is 11.7 Å². The van der Waals surface area contributed by atoms with Gasteiger partial charge in [0.05, 0.1) is 19.1 Å². The van der Waals surface area contributed by atoms with Crippen LogP contribution < -0.4 is 15.8 Å². The van der Waals surface area contributed by atoms with Crippen LogP contribution in [0.2, 0.25) is 0 Å². The van der Waals surface area contributed by atoms with Crippen molar-refractivity contribution in [1.29, 1.82) is 0 Å². The molecule has 2 aromatic carbocycles. The van der Waals surface area contributed by atoms with E-state index in [0.717, 1.165) is 29.8 Å². The molecule has 4 rings (SSSR count). The first-order valence-corrected chi connectivity index (χ1v) is 10.1. The monoisotopic (exact) mass is 380 g/mol. The highest BCUT2D eigenvalue weighted by molar-refractivity contribution is 5.93. The van der Waals surface area contributed by atoms with Crippen LogP contribution in [0.1, 0.15) is 24.8 Å². The Labute approximate surface area is 166 Å². The van der Waals surface area contributed by atoms with E-state index in [1.807, 2.05) is 54.6 Å². The first kappa shape index (κ1) is 19.0. The number of carbonyl (C=O) groups excluding carboxylic acids is 1. The van der Waals surface area contributed by atoms with Crippen LogP contribution in [-0.4, -0.2) is 25.2 Å². The largest absolute Gasteiger partial charge is 0.491 e. The van der Waals surface area contributed by atoms with Crippen molar-refractivity contribution in [2.24, 2.45) is 23.5 Å². The quantitative estimate of drug-likeness (QED) is 0.687. The van der Waals surface area contributed by atoms with Gasteiger partial charge in [0.2, 0.25) is 5.91 Å². The van der Waals surface area contributed by atoms with Crippen molar-refractivity contribution < 1.29 is 14.3 Å². The van der Waals surface area contributed by atoms with E-state index in [-0.39, 0.29) is 17.9 Å². The summed E-state index contributed by atoms with van der Waals surface area (Å²) in [6, 6.07) is 17.5. The highest BCUT2D eigenvalue weighted by atomic mass is 16.5. The van der Waals surface area contributed by atoms with Crippen molar-refractivity contribution in [3.63, 3.8) is 0 Å². The van der Waals surface area contributed by atoms with Crippen molar-refractivity contribution in [1.82, 2.24) is 0 Å². The summed E-state index contributed by atoms with van der Waals surface area (Å²) in [6.07, 6.45) is 3.42. The number of nitrogens with one attached hydrogen (secondary N) is 1. The van der Waals surface area contributed by atoms with Gasteiger partial charge in [0.15, 0.2) is 0 Å². The molecule has 0 aliphatic heterocycles. The van der Waals surface area contributed by atoms with E-state index in [1.165, 1.54) is 6.42 Å². The number of fused-ring (bicyclic) bond motifs is 2. The fourth-order valence-electron chi connectivity index (χ4n) is 4.61. The number of benzene rings is 2. The van der Waals surface area contributed by atoms with Gasteiger partial charge >= 0.3 is 0 Å². The SMILES string of the molecule is NC1C2CCC(C2)C1C(=O)Nc1cccc(COCCOc2ccccc2)c1. The van der Waals surface area contributed by atoms with Gasteiger partial charge in [-0.2, -0.15) is 0 Å². The molecule has 148 valence electrons. The zero-order valence-electron chi connectivity index (χ0n) is 16.1. The third kappa shape index (κ3) is 4.37. The van der Waals surface area contributed by atoms with Gasteiger partial charge in [-0.1, -0.05) is 30.3 Å². The maximum Gasteiger partial charge on any atom is 0.229 e. The van der Waals surface area contributed by atoms with Crippen LogP contribution >= 0.6 is 0 Å². The molecule has 0 radical (unpaired) electrons. The molecule has 1 amide bonds. The van der Waals surface area contributed by atoms with E-state index in [1.54, 1.807) is 0 Å². The Morgan fingerprint density at radius 3 is 2.64 bits per heavy atom. The maximum atomic E-state index is 12.7. The molecular formula is C23H28N2O3.